The molecule has 2 rings (SSSR count). The van der Waals surface area contributed by atoms with E-state index in [2.05, 4.69) is 43.1 Å². The molecule has 0 spiro atoms. The van der Waals surface area contributed by atoms with E-state index in [1.165, 1.54) is 13.1 Å². The lowest BCUT2D eigenvalue weighted by Gasteiger charge is -2.47. The number of carbonyl (C=O) groups excluding carboxylic acids is 1. The van der Waals surface area contributed by atoms with Crippen LogP contribution in [0.15, 0.2) is 17.2 Å². The van der Waals surface area contributed by atoms with E-state index in [0.29, 0.717) is 11.5 Å². The molecule has 0 fully saturated rings. The first-order valence-electron chi connectivity index (χ1n) is 8.17. The Morgan fingerprint density at radius 3 is 2.83 bits per heavy atom. The van der Waals surface area contributed by atoms with Gasteiger partial charge >= 0.3 is 0 Å². The molecule has 1 N–H and O–H groups in total. The van der Waals surface area contributed by atoms with Crippen molar-refractivity contribution in [3.63, 3.8) is 0 Å². The zero-order valence-electron chi connectivity index (χ0n) is 14.6. The molecule has 0 bridgehead atoms. The minimum atomic E-state index is -0.316. The van der Waals surface area contributed by atoms with Gasteiger partial charge in [0.1, 0.15) is 5.82 Å². The predicted octanol–water partition coefficient (Wildman–Crippen LogP) is 3.80. The zero-order valence-corrected chi connectivity index (χ0v) is 14.6. The van der Waals surface area contributed by atoms with Crippen LogP contribution in [0.3, 0.4) is 0 Å². The van der Waals surface area contributed by atoms with Crippen molar-refractivity contribution in [3.05, 3.63) is 29.1 Å². The summed E-state index contributed by atoms with van der Waals surface area (Å²) < 4.78 is 14.5. The molecule has 5 heteroatoms. The monoisotopic (exact) mass is 319 g/mol. The molecule has 1 aromatic carbocycles. The Bertz CT molecular complexity index is 625. The molecule has 1 amide bonds. The number of nitrogens with zero attached hydrogens (tertiary/aromatic N) is 2. The number of fused-ring (bicyclic) bond motifs is 1. The lowest BCUT2D eigenvalue weighted by Crippen LogP contribution is -2.48. The van der Waals surface area contributed by atoms with Gasteiger partial charge in [0.15, 0.2) is 0 Å². The second-order valence-corrected chi connectivity index (χ2v) is 6.93. The summed E-state index contributed by atoms with van der Waals surface area (Å²) in [7, 11) is 0. The van der Waals surface area contributed by atoms with Crippen LogP contribution in [-0.2, 0) is 4.79 Å². The van der Waals surface area contributed by atoms with Gasteiger partial charge in [-0.05, 0) is 50.3 Å². The van der Waals surface area contributed by atoms with E-state index >= 15 is 0 Å². The smallest absolute Gasteiger partial charge is 0.236 e. The largest absolute Gasteiger partial charge is 0.366 e. The van der Waals surface area contributed by atoms with Crippen molar-refractivity contribution in [2.24, 2.45) is 5.10 Å². The van der Waals surface area contributed by atoms with Gasteiger partial charge in [0.05, 0.1) is 6.21 Å². The molecule has 0 aromatic heterocycles. The Labute approximate surface area is 137 Å². The molecule has 1 atom stereocenters. The molecular formula is C18H26FN3O. The SMILES string of the molecule is CCCN1c2cc(F)c(/C=N\NC(C)=O)cc2C(C)CC1(C)C. The highest BCUT2D eigenvalue weighted by molar-refractivity contribution is 5.83. The molecule has 0 aliphatic carbocycles. The van der Waals surface area contributed by atoms with Gasteiger partial charge in [0.2, 0.25) is 5.91 Å². The van der Waals surface area contributed by atoms with Gasteiger partial charge in [-0.1, -0.05) is 13.8 Å². The van der Waals surface area contributed by atoms with Gasteiger partial charge in [0, 0.05) is 30.3 Å². The minimum Gasteiger partial charge on any atom is -0.366 e. The van der Waals surface area contributed by atoms with Gasteiger partial charge in [-0.25, -0.2) is 9.82 Å². The number of hydrazone groups is 1. The summed E-state index contributed by atoms with van der Waals surface area (Å²) in [4.78, 5) is 13.2. The van der Waals surface area contributed by atoms with E-state index in [1.54, 1.807) is 6.07 Å². The van der Waals surface area contributed by atoms with Gasteiger partial charge in [-0.2, -0.15) is 5.10 Å². The number of carbonyl (C=O) groups is 1. The summed E-state index contributed by atoms with van der Waals surface area (Å²) in [6, 6.07) is 3.47. The number of nitrogens with one attached hydrogen (secondary N) is 1. The van der Waals surface area contributed by atoms with Crippen molar-refractivity contribution < 1.29 is 9.18 Å². The summed E-state index contributed by atoms with van der Waals surface area (Å²) in [6.45, 7) is 11.0. The Hall–Kier alpha value is -1.91. The van der Waals surface area contributed by atoms with E-state index in [9.17, 15) is 9.18 Å². The molecule has 1 heterocycles. The van der Waals surface area contributed by atoms with E-state index in [0.717, 1.165) is 30.6 Å². The number of rotatable bonds is 4. The fourth-order valence-corrected chi connectivity index (χ4v) is 3.46. The molecule has 126 valence electrons. The van der Waals surface area contributed by atoms with E-state index in [-0.39, 0.29) is 17.3 Å². The van der Waals surface area contributed by atoms with Crippen LogP contribution < -0.4 is 10.3 Å². The highest BCUT2D eigenvalue weighted by atomic mass is 19.1. The molecule has 1 unspecified atom stereocenters. The average molecular weight is 319 g/mol. The maximum atomic E-state index is 14.5. The predicted molar refractivity (Wildman–Crippen MR) is 92.6 cm³/mol. The fourth-order valence-electron chi connectivity index (χ4n) is 3.46. The van der Waals surface area contributed by atoms with Crippen LogP contribution in [0.1, 0.15) is 64.5 Å². The maximum absolute atomic E-state index is 14.5. The minimum absolute atomic E-state index is 0.0145. The Kier molecular flexibility index (Phi) is 5.07. The van der Waals surface area contributed by atoms with Crippen LogP contribution in [0.25, 0.3) is 0 Å². The molecule has 1 aliphatic rings. The fraction of sp³-hybridized carbons (Fsp3) is 0.556. The van der Waals surface area contributed by atoms with Crippen LogP contribution in [0, 0.1) is 5.82 Å². The van der Waals surface area contributed by atoms with Crippen LogP contribution in [0.4, 0.5) is 10.1 Å². The summed E-state index contributed by atoms with van der Waals surface area (Å²) in [5.74, 6) is -0.241. The molecule has 0 saturated heterocycles. The summed E-state index contributed by atoms with van der Waals surface area (Å²) in [5.41, 5.74) is 4.84. The summed E-state index contributed by atoms with van der Waals surface area (Å²) in [6.07, 6.45) is 3.41. The first-order valence-corrected chi connectivity index (χ1v) is 8.17. The van der Waals surface area contributed by atoms with Crippen LogP contribution in [0.5, 0.6) is 0 Å². The third kappa shape index (κ3) is 3.71. The molecule has 23 heavy (non-hydrogen) atoms. The quantitative estimate of drug-likeness (QED) is 0.678. The Morgan fingerprint density at radius 1 is 1.52 bits per heavy atom. The first-order chi connectivity index (χ1) is 10.8. The third-order valence-electron chi connectivity index (χ3n) is 4.38. The number of halogens is 1. The Balaban J connectivity index is 2.44. The summed E-state index contributed by atoms with van der Waals surface area (Å²) >= 11 is 0. The lowest BCUT2D eigenvalue weighted by molar-refractivity contribution is -0.118. The topological polar surface area (TPSA) is 44.7 Å². The van der Waals surface area contributed by atoms with E-state index < -0.39 is 0 Å². The lowest BCUT2D eigenvalue weighted by atomic mass is 9.79. The first kappa shape index (κ1) is 17.4. The maximum Gasteiger partial charge on any atom is 0.236 e. The normalized spacial score (nSPS) is 19.7. The molecular weight excluding hydrogens is 293 g/mol. The van der Waals surface area contributed by atoms with E-state index in [4.69, 9.17) is 0 Å². The van der Waals surface area contributed by atoms with Crippen LogP contribution >= 0.6 is 0 Å². The van der Waals surface area contributed by atoms with Crippen LogP contribution in [0.2, 0.25) is 0 Å². The average Bonchev–Trinajstić information content (AvgIpc) is 2.43. The molecule has 1 aliphatic heterocycles. The van der Waals surface area contributed by atoms with Crippen molar-refractivity contribution in [1.29, 1.82) is 0 Å². The highest BCUT2D eigenvalue weighted by Crippen LogP contribution is 2.44. The number of hydrogen-bond acceptors (Lipinski definition) is 3. The number of anilines is 1. The van der Waals surface area contributed by atoms with Crippen molar-refractivity contribution >= 4 is 17.8 Å². The zero-order chi connectivity index (χ0) is 17.2. The standard InChI is InChI=1S/C18H26FN3O/c1-6-7-22-17-9-16(19)14(11-20-21-13(3)23)8-15(17)12(2)10-18(22,4)5/h8-9,11-12H,6-7,10H2,1-5H3,(H,21,23)/b20-11-. The second kappa shape index (κ2) is 6.69. The van der Waals surface area contributed by atoms with Gasteiger partial charge in [0.25, 0.3) is 0 Å². The number of benzene rings is 1. The van der Waals surface area contributed by atoms with Crippen LogP contribution in [-0.4, -0.2) is 24.2 Å². The van der Waals surface area contributed by atoms with Crippen molar-refractivity contribution in [2.45, 2.75) is 58.9 Å². The summed E-state index contributed by atoms with van der Waals surface area (Å²) in [5, 5.41) is 3.78. The molecule has 1 aromatic rings. The molecule has 4 nitrogen and oxygen atoms in total. The molecule has 0 saturated carbocycles. The third-order valence-corrected chi connectivity index (χ3v) is 4.38. The van der Waals surface area contributed by atoms with Crippen molar-refractivity contribution in [1.82, 2.24) is 5.43 Å². The second-order valence-electron chi connectivity index (χ2n) is 6.93. The highest BCUT2D eigenvalue weighted by Gasteiger charge is 2.36. The Morgan fingerprint density at radius 2 is 2.22 bits per heavy atom. The van der Waals surface area contributed by atoms with Gasteiger partial charge in [-0.3, -0.25) is 4.79 Å². The van der Waals surface area contributed by atoms with Gasteiger partial charge < -0.3 is 4.90 Å². The number of hydrogen-bond donors (Lipinski definition) is 1. The number of amides is 1. The van der Waals surface area contributed by atoms with Crippen molar-refractivity contribution in [3.8, 4) is 0 Å². The van der Waals surface area contributed by atoms with E-state index in [1.807, 2.05) is 6.07 Å². The molecule has 0 radical (unpaired) electrons. The van der Waals surface area contributed by atoms with Crippen molar-refractivity contribution in [2.75, 3.05) is 11.4 Å². The van der Waals surface area contributed by atoms with Gasteiger partial charge in [-0.15, -0.1) is 0 Å².